The number of carbonyl (C=O) groups excluding carboxylic acids is 2. The maximum Gasteiger partial charge on any atom is 0.519 e. The van der Waals surface area contributed by atoms with Crippen LogP contribution in [0, 0.1) is 10.1 Å². The summed E-state index contributed by atoms with van der Waals surface area (Å²) < 4.78 is 14.5. The summed E-state index contributed by atoms with van der Waals surface area (Å²) in [6, 6.07) is 10.9. The van der Waals surface area contributed by atoms with Crippen molar-refractivity contribution in [3.63, 3.8) is 0 Å². The average Bonchev–Trinajstić information content (AvgIpc) is 2.57. The van der Waals surface area contributed by atoms with E-state index in [0.717, 1.165) is 0 Å². The molecule has 0 amide bonds. The molecule has 0 aliphatic rings. The number of esters is 1. The van der Waals surface area contributed by atoms with Gasteiger partial charge in [-0.15, -0.1) is 0 Å². The molecule has 2 aromatic carbocycles. The second-order valence-corrected chi connectivity index (χ2v) is 4.87. The zero-order valence-corrected chi connectivity index (χ0v) is 13.5. The summed E-state index contributed by atoms with van der Waals surface area (Å²) in [4.78, 5) is 33.0. The van der Waals surface area contributed by atoms with Crippen LogP contribution in [-0.4, -0.2) is 23.1 Å². The van der Waals surface area contributed by atoms with Crippen LogP contribution in [-0.2, 0) is 16.0 Å². The molecule has 0 N–H and O–H groups in total. The number of rotatable bonds is 6. The normalized spacial score (nSPS) is 9.96. The van der Waals surface area contributed by atoms with E-state index in [1.54, 1.807) is 12.1 Å². The van der Waals surface area contributed by atoms with Crippen LogP contribution in [0.5, 0.6) is 11.5 Å². The number of non-ortho nitro benzene ring substituents is 1. The first-order valence-electron chi connectivity index (χ1n) is 6.92. The number of carbonyl (C=O) groups is 2. The first-order chi connectivity index (χ1) is 12.0. The molecule has 0 radical (unpaired) electrons. The van der Waals surface area contributed by atoms with Gasteiger partial charge in [0.15, 0.2) is 6.07 Å². The van der Waals surface area contributed by atoms with E-state index < -0.39 is 17.0 Å². The van der Waals surface area contributed by atoms with Crippen molar-refractivity contribution in [1.29, 1.82) is 0 Å². The van der Waals surface area contributed by atoms with Gasteiger partial charge in [0.05, 0.1) is 11.3 Å². The third kappa shape index (κ3) is 5.78. The summed E-state index contributed by atoms with van der Waals surface area (Å²) >= 11 is 5.29. The van der Waals surface area contributed by atoms with Crippen molar-refractivity contribution in [2.45, 2.75) is 6.42 Å². The Morgan fingerprint density at radius 2 is 1.48 bits per heavy atom. The van der Waals surface area contributed by atoms with E-state index in [2.05, 4.69) is 4.74 Å². The van der Waals surface area contributed by atoms with E-state index in [4.69, 9.17) is 21.1 Å². The highest BCUT2D eigenvalue weighted by atomic mass is 35.5. The number of halogens is 1. The number of benzene rings is 2. The lowest BCUT2D eigenvalue weighted by atomic mass is 10.1. The van der Waals surface area contributed by atoms with Crippen LogP contribution >= 0.6 is 11.6 Å². The van der Waals surface area contributed by atoms with E-state index in [1.165, 1.54) is 36.4 Å². The van der Waals surface area contributed by atoms with Crippen LogP contribution in [0.3, 0.4) is 0 Å². The van der Waals surface area contributed by atoms with Crippen molar-refractivity contribution in [3.8, 4) is 11.5 Å². The predicted octanol–water partition coefficient (Wildman–Crippen LogP) is 3.45. The van der Waals surface area contributed by atoms with Gasteiger partial charge in [-0.3, -0.25) is 14.9 Å². The molecule has 9 heteroatoms. The number of hydrogen-bond donors (Lipinski definition) is 0. The largest absolute Gasteiger partial charge is 0.519 e. The first-order valence-corrected chi connectivity index (χ1v) is 7.46. The Bertz CT molecular complexity index is 759. The standard InChI is InChI=1S/C16H12ClNO7/c17-10-23-15(19)9-11-1-5-13(6-2-11)24-16(20)25-14-7-3-12(4-8-14)18(21)22/h1-8H,9-10H2. The van der Waals surface area contributed by atoms with Crippen molar-refractivity contribution in [1.82, 2.24) is 0 Å². The van der Waals surface area contributed by atoms with E-state index in [0.29, 0.717) is 5.56 Å². The molecule has 8 nitrogen and oxygen atoms in total. The van der Waals surface area contributed by atoms with Crippen LogP contribution in [0.2, 0.25) is 0 Å². The van der Waals surface area contributed by atoms with Crippen LogP contribution in [0.15, 0.2) is 48.5 Å². The van der Waals surface area contributed by atoms with Gasteiger partial charge in [0.2, 0.25) is 0 Å². The number of nitrogens with zero attached hydrogens (tertiary/aromatic N) is 1. The number of nitro benzene ring substituents is 1. The fraction of sp³-hybridized carbons (Fsp3) is 0.125. The minimum atomic E-state index is -0.997. The molecule has 130 valence electrons. The molecule has 0 atom stereocenters. The van der Waals surface area contributed by atoms with Crippen LogP contribution in [0.25, 0.3) is 0 Å². The molecular formula is C16H12ClNO7. The maximum atomic E-state index is 11.7. The monoisotopic (exact) mass is 365 g/mol. The summed E-state index contributed by atoms with van der Waals surface area (Å²) in [7, 11) is 0. The number of nitro groups is 1. The first kappa shape index (κ1) is 18.2. The molecule has 0 aliphatic heterocycles. The molecule has 0 aliphatic carbocycles. The molecule has 2 aromatic rings. The summed E-state index contributed by atoms with van der Waals surface area (Å²) in [5.74, 6) is -0.154. The highest BCUT2D eigenvalue weighted by Crippen LogP contribution is 2.19. The summed E-state index contributed by atoms with van der Waals surface area (Å²) in [5, 5.41) is 10.5. The highest BCUT2D eigenvalue weighted by Gasteiger charge is 2.11. The molecule has 0 spiro atoms. The molecule has 0 saturated carbocycles. The van der Waals surface area contributed by atoms with Crippen LogP contribution in [0.1, 0.15) is 5.56 Å². The fourth-order valence-electron chi connectivity index (χ4n) is 1.80. The van der Waals surface area contributed by atoms with Crippen LogP contribution in [0.4, 0.5) is 10.5 Å². The van der Waals surface area contributed by atoms with Gasteiger partial charge in [-0.05, 0) is 29.8 Å². The quantitative estimate of drug-likeness (QED) is 0.254. The van der Waals surface area contributed by atoms with Gasteiger partial charge in [-0.2, -0.15) is 0 Å². The van der Waals surface area contributed by atoms with Crippen molar-refractivity contribution in [2.24, 2.45) is 0 Å². The Morgan fingerprint density at radius 1 is 0.960 bits per heavy atom. The van der Waals surface area contributed by atoms with Crippen LogP contribution < -0.4 is 9.47 Å². The molecule has 25 heavy (non-hydrogen) atoms. The van der Waals surface area contributed by atoms with E-state index in [-0.39, 0.29) is 29.7 Å². The molecule has 0 fully saturated rings. The molecule has 0 heterocycles. The number of hydrogen-bond acceptors (Lipinski definition) is 7. The lowest BCUT2D eigenvalue weighted by Gasteiger charge is -2.06. The average molecular weight is 366 g/mol. The predicted molar refractivity (Wildman–Crippen MR) is 86.7 cm³/mol. The van der Waals surface area contributed by atoms with E-state index in [9.17, 15) is 19.7 Å². The Balaban J connectivity index is 1.89. The Kier molecular flexibility index (Phi) is 6.30. The van der Waals surface area contributed by atoms with Crippen molar-refractivity contribution in [2.75, 3.05) is 6.07 Å². The fourth-order valence-corrected chi connectivity index (χ4v) is 1.92. The SMILES string of the molecule is O=C(Cc1ccc(OC(=O)Oc2ccc([N+](=O)[O-])cc2)cc1)OCCl. The zero-order chi connectivity index (χ0) is 18.2. The minimum absolute atomic E-state index is 0.0419. The van der Waals surface area contributed by atoms with Crippen molar-refractivity contribution >= 4 is 29.4 Å². The minimum Gasteiger partial charge on any atom is -0.449 e. The maximum absolute atomic E-state index is 11.7. The van der Waals surface area contributed by atoms with Gasteiger partial charge in [-0.1, -0.05) is 23.7 Å². The topological polar surface area (TPSA) is 105 Å². The smallest absolute Gasteiger partial charge is 0.449 e. The zero-order valence-electron chi connectivity index (χ0n) is 12.7. The second kappa shape index (κ2) is 8.65. The Labute approximate surface area is 147 Å². The lowest BCUT2D eigenvalue weighted by molar-refractivity contribution is -0.384. The second-order valence-electron chi connectivity index (χ2n) is 4.65. The summed E-state index contributed by atoms with van der Waals surface area (Å²) in [5.41, 5.74) is 0.537. The molecule has 0 unspecified atom stereocenters. The van der Waals surface area contributed by atoms with Crippen molar-refractivity contribution < 1.29 is 28.7 Å². The Hall–Kier alpha value is -3.13. The molecule has 2 rings (SSSR count). The van der Waals surface area contributed by atoms with E-state index in [1.807, 2.05) is 0 Å². The summed E-state index contributed by atoms with van der Waals surface area (Å²) in [6.45, 7) is 0. The van der Waals surface area contributed by atoms with Gasteiger partial charge in [0.1, 0.15) is 11.5 Å². The van der Waals surface area contributed by atoms with Gasteiger partial charge in [-0.25, -0.2) is 4.79 Å². The lowest BCUT2D eigenvalue weighted by Crippen LogP contribution is -2.13. The van der Waals surface area contributed by atoms with Crippen molar-refractivity contribution in [3.05, 3.63) is 64.2 Å². The molecular weight excluding hydrogens is 354 g/mol. The summed E-state index contributed by atoms with van der Waals surface area (Å²) in [6.07, 6.45) is -0.955. The Morgan fingerprint density at radius 3 is 1.96 bits per heavy atom. The number of ether oxygens (including phenoxy) is 3. The third-order valence-corrected chi connectivity index (χ3v) is 3.05. The van der Waals surface area contributed by atoms with E-state index >= 15 is 0 Å². The van der Waals surface area contributed by atoms with Gasteiger partial charge in [0.25, 0.3) is 5.69 Å². The molecule has 0 bridgehead atoms. The van der Waals surface area contributed by atoms with Gasteiger partial charge in [0, 0.05) is 12.1 Å². The molecule has 0 saturated heterocycles. The number of alkyl halides is 1. The van der Waals surface area contributed by atoms with Gasteiger partial charge >= 0.3 is 12.1 Å². The third-order valence-electron chi connectivity index (χ3n) is 2.94. The highest BCUT2D eigenvalue weighted by molar-refractivity contribution is 6.17. The molecule has 0 aromatic heterocycles. The van der Waals surface area contributed by atoms with Gasteiger partial charge < -0.3 is 14.2 Å².